The number of ketones is 1. The van der Waals surface area contributed by atoms with Crippen LogP contribution in [0.4, 0.5) is 0 Å². The number of carbonyl (C=O) groups excluding carboxylic acids is 1. The average molecular weight is 269 g/mol. The van der Waals surface area contributed by atoms with Gasteiger partial charge in [-0.05, 0) is 18.9 Å². The first-order valence-electron chi connectivity index (χ1n) is 5.82. The van der Waals surface area contributed by atoms with Gasteiger partial charge in [0.1, 0.15) is 9.84 Å². The second kappa shape index (κ2) is 4.68. The Morgan fingerprint density at radius 1 is 1.22 bits per heavy atom. The van der Waals surface area contributed by atoms with Crippen LogP contribution >= 0.6 is 0 Å². The van der Waals surface area contributed by atoms with Crippen LogP contribution in [0, 0.1) is 0 Å². The largest absolute Gasteiger partial charge is 0.311 e. The van der Waals surface area contributed by atoms with Gasteiger partial charge in [0.25, 0.3) is 5.56 Å². The summed E-state index contributed by atoms with van der Waals surface area (Å²) in [5.74, 6) is -0.0540. The molecule has 98 valence electrons. The zero-order valence-corrected chi connectivity index (χ0v) is 11.0. The summed E-state index contributed by atoms with van der Waals surface area (Å²) in [6, 6.07) is 2.89. The third kappa shape index (κ3) is 2.69. The quantitative estimate of drug-likeness (QED) is 0.796. The Balaban J connectivity index is 2.43. The molecule has 18 heavy (non-hydrogen) atoms. The molecule has 5 nitrogen and oxygen atoms in total. The van der Waals surface area contributed by atoms with Crippen molar-refractivity contribution in [2.24, 2.45) is 0 Å². The van der Waals surface area contributed by atoms with Crippen molar-refractivity contribution in [3.8, 4) is 0 Å². The molecule has 1 heterocycles. The van der Waals surface area contributed by atoms with Crippen molar-refractivity contribution < 1.29 is 13.2 Å². The lowest BCUT2D eigenvalue weighted by Crippen LogP contribution is -2.30. The summed E-state index contributed by atoms with van der Waals surface area (Å²) in [5.41, 5.74) is 1.00. The molecule has 0 fully saturated rings. The number of hydrogen-bond donors (Lipinski definition) is 0. The second-order valence-electron chi connectivity index (χ2n) is 4.59. The van der Waals surface area contributed by atoms with Gasteiger partial charge < -0.3 is 4.57 Å². The normalized spacial score (nSPS) is 15.5. The number of fused-ring (bicyclic) bond motifs is 1. The van der Waals surface area contributed by atoms with Gasteiger partial charge in [0, 0.05) is 36.5 Å². The van der Waals surface area contributed by atoms with Crippen molar-refractivity contribution >= 4 is 15.6 Å². The number of aromatic nitrogens is 1. The highest BCUT2D eigenvalue weighted by Gasteiger charge is 2.20. The predicted octanol–water partition coefficient (Wildman–Crippen LogP) is 0.412. The van der Waals surface area contributed by atoms with E-state index in [4.69, 9.17) is 0 Å². The van der Waals surface area contributed by atoms with E-state index >= 15 is 0 Å². The molecule has 0 spiro atoms. The average Bonchev–Trinajstić information content (AvgIpc) is 2.26. The van der Waals surface area contributed by atoms with E-state index < -0.39 is 9.84 Å². The molecule has 1 aromatic heterocycles. The first-order chi connectivity index (χ1) is 8.38. The Hall–Kier alpha value is -1.43. The van der Waals surface area contributed by atoms with Crippen molar-refractivity contribution in [2.75, 3.05) is 12.0 Å². The van der Waals surface area contributed by atoms with E-state index in [9.17, 15) is 18.0 Å². The van der Waals surface area contributed by atoms with E-state index in [1.807, 2.05) is 0 Å². The van der Waals surface area contributed by atoms with Crippen molar-refractivity contribution in [2.45, 2.75) is 25.8 Å². The van der Waals surface area contributed by atoms with E-state index in [-0.39, 0.29) is 23.6 Å². The van der Waals surface area contributed by atoms with Crippen LogP contribution in [0.5, 0.6) is 0 Å². The summed E-state index contributed by atoms with van der Waals surface area (Å²) in [4.78, 5) is 23.5. The van der Waals surface area contributed by atoms with Crippen molar-refractivity contribution in [3.05, 3.63) is 33.7 Å². The van der Waals surface area contributed by atoms with Gasteiger partial charge in [-0.2, -0.15) is 0 Å². The molecule has 0 bridgehead atoms. The number of Topliss-reactive ketones (excluding diaryl/α,β-unsaturated/α-hetero) is 1. The Morgan fingerprint density at radius 2 is 1.94 bits per heavy atom. The fraction of sp³-hybridized carbons (Fsp3) is 0.500. The molecule has 1 aromatic rings. The topological polar surface area (TPSA) is 73.2 Å². The zero-order chi connectivity index (χ0) is 13.3. The number of nitrogens with zero attached hydrogens (tertiary/aromatic N) is 1. The first kappa shape index (κ1) is 13.0. The third-order valence-corrected chi connectivity index (χ3v) is 4.02. The van der Waals surface area contributed by atoms with Gasteiger partial charge in [-0.25, -0.2) is 8.42 Å². The minimum absolute atomic E-state index is 0.0318. The molecule has 0 atom stereocenters. The number of carbonyl (C=O) groups is 1. The SMILES string of the molecule is CS(=O)(=O)CCn1c2c(ccc1=O)C(=O)CCC2. The van der Waals surface area contributed by atoms with Crippen molar-refractivity contribution in [1.82, 2.24) is 4.57 Å². The summed E-state index contributed by atoms with van der Waals surface area (Å²) >= 11 is 0. The van der Waals surface area contributed by atoms with Gasteiger partial charge in [-0.3, -0.25) is 9.59 Å². The summed E-state index contributed by atoms with van der Waals surface area (Å²) in [7, 11) is -3.12. The Labute approximate surface area is 105 Å². The van der Waals surface area contributed by atoms with Crippen molar-refractivity contribution in [1.29, 1.82) is 0 Å². The summed E-state index contributed by atoms with van der Waals surface area (Å²) in [5, 5.41) is 0. The highest BCUT2D eigenvalue weighted by Crippen LogP contribution is 2.19. The van der Waals surface area contributed by atoms with Crippen LogP contribution < -0.4 is 5.56 Å². The van der Waals surface area contributed by atoms with Crippen LogP contribution in [-0.2, 0) is 22.8 Å². The number of rotatable bonds is 3. The van der Waals surface area contributed by atoms with E-state index in [0.29, 0.717) is 30.5 Å². The van der Waals surface area contributed by atoms with E-state index in [1.54, 1.807) is 6.07 Å². The highest BCUT2D eigenvalue weighted by atomic mass is 32.2. The minimum Gasteiger partial charge on any atom is -0.311 e. The van der Waals surface area contributed by atoms with Gasteiger partial charge in [0.15, 0.2) is 5.78 Å². The van der Waals surface area contributed by atoms with Crippen molar-refractivity contribution in [3.63, 3.8) is 0 Å². The lowest BCUT2D eigenvalue weighted by molar-refractivity contribution is 0.0970. The lowest BCUT2D eigenvalue weighted by atomic mass is 9.94. The van der Waals surface area contributed by atoms with Crippen LogP contribution in [0.3, 0.4) is 0 Å². The number of pyridine rings is 1. The molecule has 0 aromatic carbocycles. The molecule has 0 aliphatic heterocycles. The lowest BCUT2D eigenvalue weighted by Gasteiger charge is -2.19. The van der Waals surface area contributed by atoms with E-state index in [1.165, 1.54) is 10.6 Å². The monoisotopic (exact) mass is 269 g/mol. The number of sulfone groups is 1. The molecule has 0 saturated heterocycles. The molecule has 2 rings (SSSR count). The van der Waals surface area contributed by atoms with Gasteiger partial charge in [0.2, 0.25) is 0 Å². The molecule has 0 unspecified atom stereocenters. The maximum absolute atomic E-state index is 11.8. The Kier molecular flexibility index (Phi) is 3.38. The summed E-state index contributed by atoms with van der Waals surface area (Å²) in [6.07, 6.45) is 3.00. The fourth-order valence-corrected chi connectivity index (χ4v) is 2.71. The molecular weight excluding hydrogens is 254 g/mol. The van der Waals surface area contributed by atoms with Gasteiger partial charge >= 0.3 is 0 Å². The molecule has 6 heteroatoms. The van der Waals surface area contributed by atoms with Gasteiger partial charge in [-0.15, -0.1) is 0 Å². The van der Waals surface area contributed by atoms with Crippen LogP contribution in [0.15, 0.2) is 16.9 Å². The molecule has 0 saturated carbocycles. The standard InChI is InChI=1S/C12H15NO4S/c1-18(16,17)8-7-13-10-3-2-4-11(14)9(10)5-6-12(13)15/h5-6H,2-4,7-8H2,1H3. The molecule has 0 N–H and O–H groups in total. The Morgan fingerprint density at radius 3 is 2.61 bits per heavy atom. The molecule has 1 aliphatic rings. The van der Waals surface area contributed by atoms with Gasteiger partial charge in [0.05, 0.1) is 5.75 Å². The zero-order valence-electron chi connectivity index (χ0n) is 10.2. The molecule has 1 aliphatic carbocycles. The third-order valence-electron chi connectivity index (χ3n) is 3.10. The highest BCUT2D eigenvalue weighted by molar-refractivity contribution is 7.90. The Bertz CT molecular complexity index is 643. The number of hydrogen-bond acceptors (Lipinski definition) is 4. The van der Waals surface area contributed by atoms with E-state index in [0.717, 1.165) is 6.26 Å². The molecule has 0 amide bonds. The van der Waals surface area contributed by atoms with Crippen LogP contribution in [0.25, 0.3) is 0 Å². The first-order valence-corrected chi connectivity index (χ1v) is 7.88. The van der Waals surface area contributed by atoms with E-state index in [2.05, 4.69) is 0 Å². The van der Waals surface area contributed by atoms with Crippen LogP contribution in [-0.4, -0.2) is 30.8 Å². The second-order valence-corrected chi connectivity index (χ2v) is 6.85. The molecule has 0 radical (unpaired) electrons. The maximum atomic E-state index is 11.8. The minimum atomic E-state index is -3.12. The fourth-order valence-electron chi connectivity index (χ4n) is 2.20. The smallest absolute Gasteiger partial charge is 0.250 e. The van der Waals surface area contributed by atoms with Gasteiger partial charge in [-0.1, -0.05) is 0 Å². The van der Waals surface area contributed by atoms with Crippen LogP contribution in [0.1, 0.15) is 28.9 Å². The maximum Gasteiger partial charge on any atom is 0.250 e. The van der Waals surface area contributed by atoms with Crippen LogP contribution in [0.2, 0.25) is 0 Å². The summed E-state index contributed by atoms with van der Waals surface area (Å²) in [6.45, 7) is 0.119. The summed E-state index contributed by atoms with van der Waals surface area (Å²) < 4.78 is 23.8. The predicted molar refractivity (Wildman–Crippen MR) is 67.7 cm³/mol. The molecular formula is C12H15NO4S.